The van der Waals surface area contributed by atoms with Crippen molar-refractivity contribution in [2.75, 3.05) is 12.0 Å². The molecule has 0 amide bonds. The van der Waals surface area contributed by atoms with E-state index in [9.17, 15) is 0 Å². The van der Waals surface area contributed by atoms with Crippen molar-refractivity contribution >= 4 is 22.7 Å². The number of nitrogens with zero attached hydrogens (tertiary/aromatic N) is 1. The van der Waals surface area contributed by atoms with Crippen LogP contribution in [0.1, 0.15) is 20.3 Å². The van der Waals surface area contributed by atoms with E-state index >= 15 is 0 Å². The second kappa shape index (κ2) is 6.19. The molecule has 1 heterocycles. The number of rotatable bonds is 6. The fraction of sp³-hybridized carbons (Fsp3) is 0.467. The number of thioether (sulfide) groups is 1. The minimum atomic E-state index is 0.228. The average Bonchev–Trinajstić information content (AvgIpc) is 2.71. The molecule has 0 aliphatic heterocycles. The third-order valence-corrected chi connectivity index (χ3v) is 3.56. The summed E-state index contributed by atoms with van der Waals surface area (Å²) in [6, 6.07) is 8.52. The number of aromatic nitrogens is 1. The molecule has 0 aliphatic rings. The van der Waals surface area contributed by atoms with Gasteiger partial charge in [0.15, 0.2) is 0 Å². The maximum absolute atomic E-state index is 5.72. The molecule has 18 heavy (non-hydrogen) atoms. The summed E-state index contributed by atoms with van der Waals surface area (Å²) in [5.41, 5.74) is 1.30. The number of hydrogen-bond acceptors (Lipinski definition) is 2. The summed E-state index contributed by atoms with van der Waals surface area (Å²) in [5.74, 6) is 2.17. The molecular weight excluding hydrogens is 242 g/mol. The van der Waals surface area contributed by atoms with Gasteiger partial charge in [0.05, 0.1) is 6.10 Å². The molecule has 2 nitrogen and oxygen atoms in total. The lowest BCUT2D eigenvalue weighted by Crippen LogP contribution is -2.05. The van der Waals surface area contributed by atoms with Gasteiger partial charge in [0.1, 0.15) is 5.75 Å². The van der Waals surface area contributed by atoms with Crippen molar-refractivity contribution in [3.8, 4) is 5.75 Å². The van der Waals surface area contributed by atoms with Crippen molar-refractivity contribution in [1.82, 2.24) is 4.57 Å². The largest absolute Gasteiger partial charge is 0.491 e. The van der Waals surface area contributed by atoms with Crippen molar-refractivity contribution in [3.05, 3.63) is 30.5 Å². The van der Waals surface area contributed by atoms with Gasteiger partial charge in [0.25, 0.3) is 0 Å². The molecule has 0 aliphatic carbocycles. The lowest BCUT2D eigenvalue weighted by Gasteiger charge is -2.10. The summed E-state index contributed by atoms with van der Waals surface area (Å²) in [6.45, 7) is 5.20. The van der Waals surface area contributed by atoms with Crippen LogP contribution >= 0.6 is 11.8 Å². The van der Waals surface area contributed by atoms with Crippen molar-refractivity contribution in [2.45, 2.75) is 32.9 Å². The van der Waals surface area contributed by atoms with E-state index in [1.165, 1.54) is 23.1 Å². The highest BCUT2D eigenvalue weighted by molar-refractivity contribution is 7.98. The monoisotopic (exact) mass is 263 g/mol. The Labute approximate surface area is 113 Å². The van der Waals surface area contributed by atoms with Gasteiger partial charge < -0.3 is 9.30 Å². The molecule has 0 atom stereocenters. The van der Waals surface area contributed by atoms with E-state index in [-0.39, 0.29) is 6.10 Å². The van der Waals surface area contributed by atoms with E-state index < -0.39 is 0 Å². The standard InChI is InChI=1S/C15H21NOS/c1-12(2)17-14-5-6-15-13(11-14)7-9-16(15)8-4-10-18-3/h5-7,9,11-12H,4,8,10H2,1-3H3. The zero-order valence-electron chi connectivity index (χ0n) is 11.3. The summed E-state index contributed by atoms with van der Waals surface area (Å²) in [7, 11) is 0. The third-order valence-electron chi connectivity index (χ3n) is 2.86. The summed E-state index contributed by atoms with van der Waals surface area (Å²) in [5, 5.41) is 1.26. The lowest BCUT2D eigenvalue weighted by atomic mass is 10.2. The molecule has 0 fully saturated rings. The van der Waals surface area contributed by atoms with Gasteiger partial charge in [-0.1, -0.05) is 0 Å². The van der Waals surface area contributed by atoms with Crippen molar-refractivity contribution in [3.63, 3.8) is 0 Å². The van der Waals surface area contributed by atoms with Gasteiger partial charge in [0.2, 0.25) is 0 Å². The Morgan fingerprint density at radius 2 is 2.11 bits per heavy atom. The molecule has 3 heteroatoms. The average molecular weight is 263 g/mol. The molecule has 1 aromatic heterocycles. The first kappa shape index (κ1) is 13.3. The molecule has 0 saturated carbocycles. The Hall–Kier alpha value is -1.09. The van der Waals surface area contributed by atoms with E-state index in [0.29, 0.717) is 0 Å². The molecule has 0 bridgehead atoms. The first-order valence-corrected chi connectivity index (χ1v) is 7.84. The van der Waals surface area contributed by atoms with Crippen LogP contribution < -0.4 is 4.74 Å². The second-order valence-corrected chi connectivity index (χ2v) is 5.73. The zero-order valence-corrected chi connectivity index (χ0v) is 12.2. The van der Waals surface area contributed by atoms with Crippen molar-refractivity contribution < 1.29 is 4.74 Å². The summed E-state index contributed by atoms with van der Waals surface area (Å²) in [4.78, 5) is 0. The summed E-state index contributed by atoms with van der Waals surface area (Å²) >= 11 is 1.90. The number of ether oxygens (including phenoxy) is 1. The van der Waals surface area contributed by atoms with E-state index in [2.05, 4.69) is 55.1 Å². The number of benzene rings is 1. The molecule has 0 N–H and O–H groups in total. The number of fused-ring (bicyclic) bond motifs is 1. The van der Waals surface area contributed by atoms with Crippen LogP contribution in [-0.2, 0) is 6.54 Å². The maximum Gasteiger partial charge on any atom is 0.120 e. The van der Waals surface area contributed by atoms with Gasteiger partial charge in [-0.05, 0) is 56.5 Å². The van der Waals surface area contributed by atoms with Crippen LogP contribution in [0.3, 0.4) is 0 Å². The van der Waals surface area contributed by atoms with Gasteiger partial charge in [-0.2, -0.15) is 11.8 Å². The lowest BCUT2D eigenvalue weighted by molar-refractivity contribution is 0.243. The van der Waals surface area contributed by atoms with E-state index in [1.54, 1.807) is 0 Å². The van der Waals surface area contributed by atoms with Gasteiger partial charge >= 0.3 is 0 Å². The van der Waals surface area contributed by atoms with Crippen LogP contribution in [-0.4, -0.2) is 22.7 Å². The van der Waals surface area contributed by atoms with Crippen LogP contribution in [0.2, 0.25) is 0 Å². The molecule has 0 radical (unpaired) electrons. The predicted octanol–water partition coefficient (Wildman–Crippen LogP) is 4.18. The summed E-state index contributed by atoms with van der Waals surface area (Å²) < 4.78 is 8.04. The molecule has 0 saturated heterocycles. The highest BCUT2D eigenvalue weighted by atomic mass is 32.2. The highest BCUT2D eigenvalue weighted by Crippen LogP contribution is 2.23. The second-order valence-electron chi connectivity index (χ2n) is 4.74. The van der Waals surface area contributed by atoms with Crippen LogP contribution in [0.4, 0.5) is 0 Å². The van der Waals surface area contributed by atoms with Crippen molar-refractivity contribution in [2.24, 2.45) is 0 Å². The molecular formula is C15H21NOS. The minimum absolute atomic E-state index is 0.228. The molecule has 0 spiro atoms. The highest BCUT2D eigenvalue weighted by Gasteiger charge is 2.03. The third kappa shape index (κ3) is 3.22. The fourth-order valence-corrected chi connectivity index (χ4v) is 2.52. The Balaban J connectivity index is 2.15. The van der Waals surface area contributed by atoms with Gasteiger partial charge in [-0.25, -0.2) is 0 Å². The molecule has 2 rings (SSSR count). The molecule has 1 aromatic carbocycles. The maximum atomic E-state index is 5.72. The normalized spacial score (nSPS) is 11.3. The smallest absolute Gasteiger partial charge is 0.120 e. The molecule has 98 valence electrons. The van der Waals surface area contributed by atoms with Crippen LogP contribution in [0.5, 0.6) is 5.75 Å². The molecule has 2 aromatic rings. The Kier molecular flexibility index (Phi) is 4.59. The predicted molar refractivity (Wildman–Crippen MR) is 80.7 cm³/mol. The quantitative estimate of drug-likeness (QED) is 0.726. The first-order valence-electron chi connectivity index (χ1n) is 6.45. The van der Waals surface area contributed by atoms with E-state index in [4.69, 9.17) is 4.74 Å². The van der Waals surface area contributed by atoms with E-state index in [0.717, 1.165) is 12.3 Å². The zero-order chi connectivity index (χ0) is 13.0. The number of hydrogen-bond donors (Lipinski definition) is 0. The minimum Gasteiger partial charge on any atom is -0.491 e. The number of aryl methyl sites for hydroxylation is 1. The van der Waals surface area contributed by atoms with Crippen molar-refractivity contribution in [1.29, 1.82) is 0 Å². The first-order chi connectivity index (χ1) is 8.70. The van der Waals surface area contributed by atoms with Crippen LogP contribution in [0.15, 0.2) is 30.5 Å². The van der Waals surface area contributed by atoms with Crippen LogP contribution in [0.25, 0.3) is 10.9 Å². The van der Waals surface area contributed by atoms with Gasteiger partial charge in [0, 0.05) is 23.6 Å². The van der Waals surface area contributed by atoms with Crippen LogP contribution in [0, 0.1) is 0 Å². The Bertz CT molecular complexity index is 504. The Morgan fingerprint density at radius 3 is 2.83 bits per heavy atom. The molecule has 0 unspecified atom stereocenters. The summed E-state index contributed by atoms with van der Waals surface area (Å²) in [6.07, 6.45) is 5.77. The van der Waals surface area contributed by atoms with Gasteiger partial charge in [-0.15, -0.1) is 0 Å². The SMILES string of the molecule is CSCCCn1ccc2cc(OC(C)C)ccc21. The van der Waals surface area contributed by atoms with Gasteiger partial charge in [-0.3, -0.25) is 0 Å². The van der Waals surface area contributed by atoms with E-state index in [1.807, 2.05) is 11.8 Å². The topological polar surface area (TPSA) is 14.2 Å². The Morgan fingerprint density at radius 1 is 1.28 bits per heavy atom. The fourth-order valence-electron chi connectivity index (χ4n) is 2.10.